The molecule has 0 bridgehead atoms. The first-order chi connectivity index (χ1) is 12.0. The van der Waals surface area contributed by atoms with E-state index < -0.39 is 0 Å². The summed E-state index contributed by atoms with van der Waals surface area (Å²) >= 11 is 5.96. The standard InChI is InChI=1S/C19H25ClN2O3/c1-2-25-17(23)14-7-11-22(12-8-14)18(24)21-13-19(9-10-19)15-3-5-16(20)6-4-15/h3-6,14H,2,7-13H2,1H3,(H,21,24). The summed E-state index contributed by atoms with van der Waals surface area (Å²) in [5.74, 6) is -0.213. The molecule has 1 aromatic rings. The molecule has 0 atom stereocenters. The highest BCUT2D eigenvalue weighted by atomic mass is 35.5. The third-order valence-corrected chi connectivity index (χ3v) is 5.54. The van der Waals surface area contributed by atoms with E-state index in [0.717, 1.165) is 17.9 Å². The Kier molecular flexibility index (Phi) is 5.52. The van der Waals surface area contributed by atoms with Crippen molar-refractivity contribution < 1.29 is 14.3 Å². The number of ether oxygens (including phenoxy) is 1. The van der Waals surface area contributed by atoms with Crippen molar-refractivity contribution in [3.05, 3.63) is 34.9 Å². The predicted molar refractivity (Wildman–Crippen MR) is 96.7 cm³/mol. The summed E-state index contributed by atoms with van der Waals surface area (Å²) in [4.78, 5) is 26.0. The molecule has 1 saturated carbocycles. The molecule has 0 radical (unpaired) electrons. The predicted octanol–water partition coefficient (Wildman–Crippen LogP) is 3.36. The fourth-order valence-corrected chi connectivity index (χ4v) is 3.58. The molecule has 6 heteroatoms. The Labute approximate surface area is 153 Å². The van der Waals surface area contributed by atoms with Crippen molar-refractivity contribution in [2.24, 2.45) is 5.92 Å². The van der Waals surface area contributed by atoms with Crippen LogP contribution in [-0.4, -0.2) is 43.1 Å². The van der Waals surface area contributed by atoms with Gasteiger partial charge in [0, 0.05) is 30.1 Å². The van der Waals surface area contributed by atoms with Gasteiger partial charge in [-0.25, -0.2) is 4.79 Å². The first kappa shape index (κ1) is 18.1. The number of carbonyl (C=O) groups excluding carboxylic acids is 2. The van der Waals surface area contributed by atoms with E-state index in [-0.39, 0.29) is 23.3 Å². The van der Waals surface area contributed by atoms with Crippen LogP contribution in [0.15, 0.2) is 24.3 Å². The van der Waals surface area contributed by atoms with Gasteiger partial charge in [0.15, 0.2) is 0 Å². The molecule has 2 fully saturated rings. The molecule has 1 N–H and O–H groups in total. The summed E-state index contributed by atoms with van der Waals surface area (Å²) in [6.45, 7) is 4.07. The van der Waals surface area contributed by atoms with Crippen molar-refractivity contribution in [1.29, 1.82) is 0 Å². The van der Waals surface area contributed by atoms with Crippen molar-refractivity contribution in [1.82, 2.24) is 10.2 Å². The fraction of sp³-hybridized carbons (Fsp3) is 0.579. The van der Waals surface area contributed by atoms with Crippen LogP contribution < -0.4 is 5.32 Å². The van der Waals surface area contributed by atoms with Gasteiger partial charge in [0.1, 0.15) is 0 Å². The highest BCUT2D eigenvalue weighted by Gasteiger charge is 2.44. The summed E-state index contributed by atoms with van der Waals surface area (Å²) in [5, 5.41) is 3.80. The smallest absolute Gasteiger partial charge is 0.317 e. The normalized spacial score (nSPS) is 19.4. The quantitative estimate of drug-likeness (QED) is 0.815. The van der Waals surface area contributed by atoms with Gasteiger partial charge in [-0.3, -0.25) is 4.79 Å². The number of carbonyl (C=O) groups is 2. The topological polar surface area (TPSA) is 58.6 Å². The number of piperidine rings is 1. The number of nitrogens with one attached hydrogen (secondary N) is 1. The highest BCUT2D eigenvalue weighted by Crippen LogP contribution is 2.47. The van der Waals surface area contributed by atoms with Crippen molar-refractivity contribution in [3.8, 4) is 0 Å². The average molecular weight is 365 g/mol. The Bertz CT molecular complexity index is 620. The van der Waals surface area contributed by atoms with Crippen LogP contribution in [0.5, 0.6) is 0 Å². The Morgan fingerprint density at radius 3 is 2.44 bits per heavy atom. The minimum atomic E-state index is -0.137. The molecule has 2 amide bonds. The van der Waals surface area contributed by atoms with Crippen LogP contribution in [-0.2, 0) is 14.9 Å². The fourth-order valence-electron chi connectivity index (χ4n) is 3.46. The molecule has 5 nitrogen and oxygen atoms in total. The van der Waals surface area contributed by atoms with Crippen LogP contribution in [0.4, 0.5) is 4.79 Å². The van der Waals surface area contributed by atoms with Crippen molar-refractivity contribution in [3.63, 3.8) is 0 Å². The molecule has 3 rings (SSSR count). The third-order valence-electron chi connectivity index (χ3n) is 5.29. The maximum atomic E-state index is 12.4. The molecule has 25 heavy (non-hydrogen) atoms. The van der Waals surface area contributed by atoms with Crippen LogP contribution in [0.25, 0.3) is 0 Å². The Balaban J connectivity index is 1.47. The minimum Gasteiger partial charge on any atom is -0.466 e. The summed E-state index contributed by atoms with van der Waals surface area (Å²) < 4.78 is 5.07. The number of hydrogen-bond acceptors (Lipinski definition) is 3. The zero-order valence-electron chi connectivity index (χ0n) is 14.6. The number of rotatable bonds is 5. The van der Waals surface area contributed by atoms with Crippen LogP contribution in [0.3, 0.4) is 0 Å². The van der Waals surface area contributed by atoms with Gasteiger partial charge in [-0.15, -0.1) is 0 Å². The van der Waals surface area contributed by atoms with Crippen molar-refractivity contribution >= 4 is 23.6 Å². The lowest BCUT2D eigenvalue weighted by molar-refractivity contribution is -0.149. The lowest BCUT2D eigenvalue weighted by Gasteiger charge is -2.31. The lowest BCUT2D eigenvalue weighted by atomic mass is 9.96. The van der Waals surface area contributed by atoms with E-state index in [1.54, 1.807) is 4.90 Å². The monoisotopic (exact) mass is 364 g/mol. The Hall–Kier alpha value is -1.75. The Morgan fingerprint density at radius 1 is 1.24 bits per heavy atom. The number of urea groups is 1. The van der Waals surface area contributed by atoms with Gasteiger partial charge in [-0.1, -0.05) is 23.7 Å². The van der Waals surface area contributed by atoms with E-state index in [0.29, 0.717) is 39.1 Å². The van der Waals surface area contributed by atoms with Gasteiger partial charge in [0.2, 0.25) is 0 Å². The number of esters is 1. The molecule has 1 saturated heterocycles. The van der Waals surface area contributed by atoms with E-state index in [4.69, 9.17) is 16.3 Å². The van der Waals surface area contributed by atoms with Gasteiger partial charge in [-0.2, -0.15) is 0 Å². The number of amides is 2. The first-order valence-electron chi connectivity index (χ1n) is 8.99. The zero-order valence-corrected chi connectivity index (χ0v) is 15.3. The molecular formula is C19H25ClN2O3. The molecule has 1 aromatic carbocycles. The molecule has 1 heterocycles. The van der Waals surface area contributed by atoms with Crippen LogP contribution in [0.1, 0.15) is 38.2 Å². The summed E-state index contributed by atoms with van der Waals surface area (Å²) in [6.07, 6.45) is 3.52. The highest BCUT2D eigenvalue weighted by molar-refractivity contribution is 6.30. The number of hydrogen-bond donors (Lipinski definition) is 1. The second-order valence-corrected chi connectivity index (χ2v) is 7.40. The van der Waals surface area contributed by atoms with Gasteiger partial charge < -0.3 is 15.0 Å². The van der Waals surface area contributed by atoms with E-state index in [9.17, 15) is 9.59 Å². The van der Waals surface area contributed by atoms with E-state index in [1.807, 2.05) is 31.2 Å². The molecule has 136 valence electrons. The van der Waals surface area contributed by atoms with E-state index in [1.165, 1.54) is 5.56 Å². The third kappa shape index (κ3) is 4.27. The molecule has 0 spiro atoms. The van der Waals surface area contributed by atoms with Crippen LogP contribution in [0.2, 0.25) is 5.02 Å². The molecule has 1 aliphatic carbocycles. The van der Waals surface area contributed by atoms with Gasteiger partial charge in [0.05, 0.1) is 12.5 Å². The van der Waals surface area contributed by atoms with Gasteiger partial charge >= 0.3 is 12.0 Å². The zero-order chi connectivity index (χ0) is 17.9. The van der Waals surface area contributed by atoms with Crippen LogP contribution in [0, 0.1) is 5.92 Å². The summed E-state index contributed by atoms with van der Waals surface area (Å²) in [7, 11) is 0. The van der Waals surface area contributed by atoms with Crippen molar-refractivity contribution in [2.45, 2.75) is 38.0 Å². The minimum absolute atomic E-state index is 0.0393. The maximum Gasteiger partial charge on any atom is 0.317 e. The van der Waals surface area contributed by atoms with Crippen molar-refractivity contribution in [2.75, 3.05) is 26.2 Å². The maximum absolute atomic E-state index is 12.4. The second-order valence-electron chi connectivity index (χ2n) is 6.96. The molecule has 0 unspecified atom stereocenters. The number of halogens is 1. The number of benzene rings is 1. The lowest BCUT2D eigenvalue weighted by Crippen LogP contribution is -2.47. The number of likely N-dealkylation sites (tertiary alicyclic amines) is 1. The van der Waals surface area contributed by atoms with E-state index in [2.05, 4.69) is 5.32 Å². The SMILES string of the molecule is CCOC(=O)C1CCN(C(=O)NCC2(c3ccc(Cl)cc3)CC2)CC1. The molecule has 1 aliphatic heterocycles. The second kappa shape index (κ2) is 7.65. The van der Waals surface area contributed by atoms with E-state index >= 15 is 0 Å². The molecular weight excluding hydrogens is 340 g/mol. The number of nitrogens with zero attached hydrogens (tertiary/aromatic N) is 1. The largest absolute Gasteiger partial charge is 0.466 e. The molecule has 0 aromatic heterocycles. The van der Waals surface area contributed by atoms with Gasteiger partial charge in [-0.05, 0) is 50.3 Å². The van der Waals surface area contributed by atoms with Crippen LogP contribution >= 0.6 is 11.6 Å². The summed E-state index contributed by atoms with van der Waals surface area (Å²) in [5.41, 5.74) is 1.29. The van der Waals surface area contributed by atoms with Gasteiger partial charge in [0.25, 0.3) is 0 Å². The molecule has 2 aliphatic rings. The Morgan fingerprint density at radius 2 is 1.88 bits per heavy atom. The first-order valence-corrected chi connectivity index (χ1v) is 9.37. The summed E-state index contributed by atoms with van der Waals surface area (Å²) in [6, 6.07) is 7.86. The average Bonchev–Trinajstić information content (AvgIpc) is 3.42.